The van der Waals surface area contributed by atoms with Crippen molar-refractivity contribution in [3.63, 3.8) is 0 Å². The average molecular weight is 455 g/mol. The van der Waals surface area contributed by atoms with E-state index in [-0.39, 0.29) is 5.91 Å². The summed E-state index contributed by atoms with van der Waals surface area (Å²) in [6.07, 6.45) is 9.74. The Hall–Kier alpha value is -2.18. The van der Waals surface area contributed by atoms with Crippen LogP contribution in [0.4, 0.5) is 5.82 Å². The van der Waals surface area contributed by atoms with Crippen molar-refractivity contribution >= 4 is 44.9 Å². The van der Waals surface area contributed by atoms with Gasteiger partial charge in [0.05, 0.1) is 11.8 Å². The van der Waals surface area contributed by atoms with Gasteiger partial charge in [-0.3, -0.25) is 4.79 Å². The van der Waals surface area contributed by atoms with Crippen molar-refractivity contribution in [3.05, 3.63) is 51.6 Å². The Kier molecular flexibility index (Phi) is 5.85. The summed E-state index contributed by atoms with van der Waals surface area (Å²) in [5.41, 5.74) is 2.43. The van der Waals surface area contributed by atoms with Gasteiger partial charge in [0, 0.05) is 29.0 Å². The number of halogens is 1. The van der Waals surface area contributed by atoms with E-state index in [9.17, 15) is 4.79 Å². The zero-order chi connectivity index (χ0) is 21.4. The highest BCUT2D eigenvalue weighted by atomic mass is 35.5. The van der Waals surface area contributed by atoms with Crippen LogP contribution in [0.15, 0.2) is 30.6 Å². The molecule has 7 heteroatoms. The first-order valence-electron chi connectivity index (χ1n) is 11.1. The summed E-state index contributed by atoms with van der Waals surface area (Å²) in [4.78, 5) is 26.4. The van der Waals surface area contributed by atoms with E-state index in [1.165, 1.54) is 28.7 Å². The van der Waals surface area contributed by atoms with Crippen LogP contribution in [0.2, 0.25) is 5.02 Å². The lowest BCUT2D eigenvalue weighted by molar-refractivity contribution is -0.131. The van der Waals surface area contributed by atoms with Crippen molar-refractivity contribution in [3.8, 4) is 0 Å². The minimum atomic E-state index is 0.157. The van der Waals surface area contributed by atoms with Gasteiger partial charge in [0.15, 0.2) is 0 Å². The molecule has 0 radical (unpaired) electrons. The first kappa shape index (κ1) is 20.7. The standard InChI is InChI=1S/C24H27ClN4OS/c1-29(21(30)13-15-4-2-5-16(25)12-15)18-10-8-17(9-11-18)28-23-22-19-6-3-7-20(19)31-24(22)27-14-26-23/h2,4-5,12,14,17-18H,3,6-11,13H2,1H3,(H,26,27,28)/t17-,18-. The molecular weight excluding hydrogens is 428 g/mol. The second-order valence-corrected chi connectivity index (χ2v) is 10.2. The van der Waals surface area contributed by atoms with Gasteiger partial charge < -0.3 is 10.2 Å². The highest BCUT2D eigenvalue weighted by molar-refractivity contribution is 7.19. The van der Waals surface area contributed by atoms with Crippen LogP contribution in [0.1, 0.15) is 48.1 Å². The number of carbonyl (C=O) groups excluding carboxylic acids is 1. The number of amides is 1. The number of benzene rings is 1. The molecule has 5 nitrogen and oxygen atoms in total. The van der Waals surface area contributed by atoms with Gasteiger partial charge in [-0.15, -0.1) is 11.3 Å². The number of hydrogen-bond donors (Lipinski definition) is 1. The molecule has 0 spiro atoms. The molecule has 2 aliphatic carbocycles. The lowest BCUT2D eigenvalue weighted by Crippen LogP contribution is -2.42. The van der Waals surface area contributed by atoms with E-state index in [1.54, 1.807) is 6.33 Å². The molecule has 0 unspecified atom stereocenters. The van der Waals surface area contributed by atoms with Gasteiger partial charge in [-0.1, -0.05) is 23.7 Å². The van der Waals surface area contributed by atoms with Crippen molar-refractivity contribution in [2.75, 3.05) is 12.4 Å². The summed E-state index contributed by atoms with van der Waals surface area (Å²) in [6, 6.07) is 8.25. The van der Waals surface area contributed by atoms with Crippen LogP contribution >= 0.6 is 22.9 Å². The van der Waals surface area contributed by atoms with Crippen LogP contribution in [-0.2, 0) is 24.1 Å². The predicted molar refractivity (Wildman–Crippen MR) is 127 cm³/mol. The second kappa shape index (κ2) is 8.75. The Balaban J connectivity index is 1.20. The van der Waals surface area contributed by atoms with Gasteiger partial charge in [-0.2, -0.15) is 0 Å². The number of carbonyl (C=O) groups is 1. The van der Waals surface area contributed by atoms with Crippen molar-refractivity contribution in [1.29, 1.82) is 0 Å². The van der Waals surface area contributed by atoms with E-state index in [0.29, 0.717) is 23.5 Å². The number of thiophene rings is 1. The molecule has 5 rings (SSSR count). The van der Waals surface area contributed by atoms with Gasteiger partial charge in [-0.25, -0.2) is 9.97 Å². The lowest BCUT2D eigenvalue weighted by Gasteiger charge is -2.35. The van der Waals surface area contributed by atoms with Crippen LogP contribution < -0.4 is 5.32 Å². The van der Waals surface area contributed by atoms with Gasteiger partial charge >= 0.3 is 0 Å². The number of aromatic nitrogens is 2. The largest absolute Gasteiger partial charge is 0.367 e. The fourth-order valence-electron chi connectivity index (χ4n) is 4.99. The van der Waals surface area contributed by atoms with Crippen LogP contribution in [0.5, 0.6) is 0 Å². The minimum Gasteiger partial charge on any atom is -0.367 e. The first-order chi connectivity index (χ1) is 15.1. The zero-order valence-corrected chi connectivity index (χ0v) is 19.3. The van der Waals surface area contributed by atoms with Gasteiger partial charge in [0.2, 0.25) is 5.91 Å². The molecule has 1 N–H and O–H groups in total. The smallest absolute Gasteiger partial charge is 0.226 e. The molecule has 3 aromatic rings. The fraction of sp³-hybridized carbons (Fsp3) is 0.458. The molecule has 1 fully saturated rings. The number of nitrogens with one attached hydrogen (secondary N) is 1. The molecule has 0 saturated heterocycles. The number of aryl methyl sites for hydroxylation is 2. The molecular formula is C24H27ClN4OS. The summed E-state index contributed by atoms with van der Waals surface area (Å²) in [5.74, 6) is 1.16. The molecule has 2 aliphatic rings. The topological polar surface area (TPSA) is 58.1 Å². The van der Waals surface area contributed by atoms with E-state index in [2.05, 4.69) is 15.3 Å². The minimum absolute atomic E-state index is 0.157. The Morgan fingerprint density at radius 3 is 2.87 bits per heavy atom. The third kappa shape index (κ3) is 4.28. The molecule has 2 aromatic heterocycles. The SMILES string of the molecule is CN(C(=O)Cc1cccc(Cl)c1)[C@H]1CC[C@H](Nc2ncnc3sc4c(c23)CCC4)CC1. The maximum atomic E-state index is 12.8. The van der Waals surface area contributed by atoms with Gasteiger partial charge in [0.1, 0.15) is 17.0 Å². The number of fused-ring (bicyclic) bond motifs is 3. The maximum Gasteiger partial charge on any atom is 0.226 e. The number of rotatable bonds is 5. The number of anilines is 1. The summed E-state index contributed by atoms with van der Waals surface area (Å²) in [5, 5.41) is 5.63. The van der Waals surface area contributed by atoms with E-state index in [1.807, 2.05) is 47.5 Å². The first-order valence-corrected chi connectivity index (χ1v) is 12.3. The number of nitrogens with zero attached hydrogens (tertiary/aromatic N) is 3. The second-order valence-electron chi connectivity index (χ2n) is 8.72. The normalized spacial score (nSPS) is 20.6. The Morgan fingerprint density at radius 1 is 1.23 bits per heavy atom. The fourth-order valence-corrected chi connectivity index (χ4v) is 6.43. The lowest BCUT2D eigenvalue weighted by atomic mass is 9.90. The summed E-state index contributed by atoms with van der Waals surface area (Å²) >= 11 is 7.89. The van der Waals surface area contributed by atoms with E-state index < -0.39 is 0 Å². The molecule has 1 aromatic carbocycles. The average Bonchev–Trinajstić information content (AvgIpc) is 3.35. The predicted octanol–water partition coefficient (Wildman–Crippen LogP) is 5.26. The molecule has 31 heavy (non-hydrogen) atoms. The molecule has 0 atom stereocenters. The molecule has 1 amide bonds. The van der Waals surface area contributed by atoms with Crippen LogP contribution in [0.3, 0.4) is 0 Å². The Labute approximate surface area is 191 Å². The summed E-state index contributed by atoms with van der Waals surface area (Å²) in [7, 11) is 1.94. The van der Waals surface area contributed by atoms with Crippen molar-refractivity contribution in [1.82, 2.24) is 14.9 Å². The van der Waals surface area contributed by atoms with Gasteiger partial charge in [0.25, 0.3) is 0 Å². The number of likely N-dealkylation sites (N-methyl/N-ethyl adjacent to an activating group) is 1. The third-order valence-electron chi connectivity index (χ3n) is 6.72. The Bertz CT molecular complexity index is 1110. The van der Waals surface area contributed by atoms with Crippen molar-refractivity contribution < 1.29 is 4.79 Å². The summed E-state index contributed by atoms with van der Waals surface area (Å²) < 4.78 is 0. The van der Waals surface area contributed by atoms with Crippen molar-refractivity contribution in [2.45, 2.75) is 63.5 Å². The molecule has 1 saturated carbocycles. The maximum absolute atomic E-state index is 12.8. The Morgan fingerprint density at radius 2 is 2.06 bits per heavy atom. The molecule has 0 aliphatic heterocycles. The highest BCUT2D eigenvalue weighted by Gasteiger charge is 2.28. The quantitative estimate of drug-likeness (QED) is 0.571. The zero-order valence-electron chi connectivity index (χ0n) is 17.7. The number of hydrogen-bond acceptors (Lipinski definition) is 5. The van der Waals surface area contributed by atoms with Crippen LogP contribution in [-0.4, -0.2) is 39.9 Å². The van der Waals surface area contributed by atoms with E-state index >= 15 is 0 Å². The van der Waals surface area contributed by atoms with Crippen LogP contribution in [0.25, 0.3) is 10.2 Å². The summed E-state index contributed by atoms with van der Waals surface area (Å²) in [6.45, 7) is 0. The molecule has 162 valence electrons. The monoisotopic (exact) mass is 454 g/mol. The van der Waals surface area contributed by atoms with E-state index in [0.717, 1.165) is 48.3 Å². The van der Waals surface area contributed by atoms with Crippen LogP contribution in [0, 0.1) is 0 Å². The van der Waals surface area contributed by atoms with Crippen molar-refractivity contribution in [2.24, 2.45) is 0 Å². The van der Waals surface area contributed by atoms with Gasteiger partial charge in [-0.05, 0) is 68.2 Å². The highest BCUT2D eigenvalue weighted by Crippen LogP contribution is 2.39. The third-order valence-corrected chi connectivity index (χ3v) is 8.16. The molecule has 2 heterocycles. The molecule has 0 bridgehead atoms. The van der Waals surface area contributed by atoms with E-state index in [4.69, 9.17) is 11.6 Å².